The Bertz CT molecular complexity index is 1080. The molecule has 4 rings (SSSR count). The number of urea groups is 1. The first kappa shape index (κ1) is 24.5. The number of hydrogen-bond donors (Lipinski definition) is 1. The van der Waals surface area contributed by atoms with Gasteiger partial charge in [-0.15, -0.1) is 0 Å². The number of carbonyl (C=O) groups excluding carboxylic acids is 1. The highest BCUT2D eigenvalue weighted by Crippen LogP contribution is 2.31. The second kappa shape index (κ2) is 12.2. The number of carbonyl (C=O) groups is 1. The summed E-state index contributed by atoms with van der Waals surface area (Å²) in [5, 5.41) is 3.07. The summed E-state index contributed by atoms with van der Waals surface area (Å²) in [6.07, 6.45) is 5.55. The molecule has 0 bridgehead atoms. The normalized spacial score (nSPS) is 13.7. The van der Waals surface area contributed by atoms with Crippen molar-refractivity contribution in [3.8, 4) is 17.2 Å². The van der Waals surface area contributed by atoms with Crippen molar-refractivity contribution in [2.75, 3.05) is 19.5 Å². The van der Waals surface area contributed by atoms with E-state index in [0.717, 1.165) is 48.2 Å². The fourth-order valence-corrected chi connectivity index (χ4v) is 4.49. The van der Waals surface area contributed by atoms with E-state index in [2.05, 4.69) is 5.32 Å². The van der Waals surface area contributed by atoms with Gasteiger partial charge in [0.15, 0.2) is 11.5 Å². The van der Waals surface area contributed by atoms with E-state index in [0.29, 0.717) is 24.7 Å². The summed E-state index contributed by atoms with van der Waals surface area (Å²) in [4.78, 5) is 15.4. The molecule has 1 saturated carbocycles. The van der Waals surface area contributed by atoms with E-state index in [1.54, 1.807) is 14.2 Å². The van der Waals surface area contributed by atoms with E-state index in [9.17, 15) is 4.79 Å². The molecule has 0 atom stereocenters. The maximum absolute atomic E-state index is 13.4. The molecule has 1 aliphatic rings. The van der Waals surface area contributed by atoms with E-state index in [1.165, 1.54) is 6.42 Å². The van der Waals surface area contributed by atoms with Crippen LogP contribution in [0.15, 0.2) is 72.8 Å². The standard InChI is InChI=1S/C29H34N2O4/c1-33-26-16-14-24(15-17-26)30-29(32)31(25-11-7-4-8-12-25)20-23-13-18-27(34-2)28(19-23)35-21-22-9-5-3-6-10-22/h3,5-6,9-10,13-19,25H,4,7-8,11-12,20-21H2,1-2H3,(H,30,32). The molecule has 3 aromatic carbocycles. The summed E-state index contributed by atoms with van der Waals surface area (Å²) >= 11 is 0. The molecule has 0 heterocycles. The average Bonchev–Trinajstić information content (AvgIpc) is 2.92. The number of nitrogens with zero attached hydrogens (tertiary/aromatic N) is 1. The van der Waals surface area contributed by atoms with Crippen molar-refractivity contribution in [3.05, 3.63) is 83.9 Å². The number of amides is 2. The molecule has 2 amide bonds. The van der Waals surface area contributed by atoms with Crippen LogP contribution in [0.2, 0.25) is 0 Å². The third kappa shape index (κ3) is 6.69. The van der Waals surface area contributed by atoms with Gasteiger partial charge < -0.3 is 24.4 Å². The topological polar surface area (TPSA) is 60.0 Å². The monoisotopic (exact) mass is 474 g/mol. The number of nitrogens with one attached hydrogen (secondary N) is 1. The number of anilines is 1. The van der Waals surface area contributed by atoms with Crippen molar-refractivity contribution in [2.24, 2.45) is 0 Å². The van der Waals surface area contributed by atoms with E-state index >= 15 is 0 Å². The van der Waals surface area contributed by atoms with Gasteiger partial charge in [0.2, 0.25) is 0 Å². The maximum Gasteiger partial charge on any atom is 0.322 e. The first-order valence-corrected chi connectivity index (χ1v) is 12.2. The number of benzene rings is 3. The highest BCUT2D eigenvalue weighted by Gasteiger charge is 2.26. The number of ether oxygens (including phenoxy) is 3. The molecule has 0 unspecified atom stereocenters. The molecule has 184 valence electrons. The Morgan fingerprint density at radius 1 is 0.857 bits per heavy atom. The lowest BCUT2D eigenvalue weighted by atomic mass is 9.94. The Hall–Kier alpha value is -3.67. The second-order valence-electron chi connectivity index (χ2n) is 8.84. The van der Waals surface area contributed by atoms with Gasteiger partial charge >= 0.3 is 6.03 Å². The highest BCUT2D eigenvalue weighted by molar-refractivity contribution is 5.89. The Kier molecular flexibility index (Phi) is 8.49. The highest BCUT2D eigenvalue weighted by atomic mass is 16.5. The summed E-state index contributed by atoms with van der Waals surface area (Å²) in [7, 11) is 3.27. The fourth-order valence-electron chi connectivity index (χ4n) is 4.49. The molecule has 0 aliphatic heterocycles. The van der Waals surface area contributed by atoms with Crippen molar-refractivity contribution in [2.45, 2.75) is 51.3 Å². The minimum Gasteiger partial charge on any atom is -0.497 e. The van der Waals surface area contributed by atoms with Crippen LogP contribution >= 0.6 is 0 Å². The van der Waals surface area contributed by atoms with Gasteiger partial charge in [0, 0.05) is 18.3 Å². The van der Waals surface area contributed by atoms with Gasteiger partial charge in [-0.05, 0) is 60.4 Å². The zero-order chi connectivity index (χ0) is 24.5. The molecule has 0 saturated heterocycles. The molecule has 35 heavy (non-hydrogen) atoms. The number of hydrogen-bond acceptors (Lipinski definition) is 4. The Morgan fingerprint density at radius 3 is 2.29 bits per heavy atom. The van der Waals surface area contributed by atoms with Crippen LogP contribution in [0.3, 0.4) is 0 Å². The van der Waals surface area contributed by atoms with Gasteiger partial charge in [-0.25, -0.2) is 4.79 Å². The SMILES string of the molecule is COc1ccc(NC(=O)N(Cc2ccc(OC)c(OCc3ccccc3)c2)C2CCCCC2)cc1. The summed E-state index contributed by atoms with van der Waals surface area (Å²) in [6, 6.07) is 23.5. The van der Waals surface area contributed by atoms with Crippen LogP contribution < -0.4 is 19.5 Å². The quantitative estimate of drug-likeness (QED) is 0.377. The molecular weight excluding hydrogens is 440 g/mol. The second-order valence-corrected chi connectivity index (χ2v) is 8.84. The molecule has 6 heteroatoms. The van der Waals surface area contributed by atoms with Gasteiger partial charge in [0.1, 0.15) is 12.4 Å². The van der Waals surface area contributed by atoms with Crippen molar-refractivity contribution in [1.29, 1.82) is 0 Å². The number of methoxy groups -OCH3 is 2. The fraction of sp³-hybridized carbons (Fsp3) is 0.345. The molecule has 0 aromatic heterocycles. The van der Waals surface area contributed by atoms with E-state index in [-0.39, 0.29) is 12.1 Å². The van der Waals surface area contributed by atoms with Crippen molar-refractivity contribution in [1.82, 2.24) is 4.90 Å². The summed E-state index contributed by atoms with van der Waals surface area (Å²) in [6.45, 7) is 0.948. The molecular formula is C29H34N2O4. The Morgan fingerprint density at radius 2 is 1.60 bits per heavy atom. The van der Waals surface area contributed by atoms with Gasteiger partial charge in [-0.1, -0.05) is 55.7 Å². The lowest BCUT2D eigenvalue weighted by molar-refractivity contribution is 0.162. The van der Waals surface area contributed by atoms with Crippen LogP contribution in [0.25, 0.3) is 0 Å². The Labute approximate surface area is 207 Å². The zero-order valence-corrected chi connectivity index (χ0v) is 20.5. The van der Waals surface area contributed by atoms with Crippen LogP contribution in [0.1, 0.15) is 43.2 Å². The van der Waals surface area contributed by atoms with Crippen LogP contribution in [0.4, 0.5) is 10.5 Å². The third-order valence-corrected chi connectivity index (χ3v) is 6.44. The molecule has 0 radical (unpaired) electrons. The van der Waals surface area contributed by atoms with Gasteiger partial charge in [0.25, 0.3) is 0 Å². The third-order valence-electron chi connectivity index (χ3n) is 6.44. The first-order valence-electron chi connectivity index (χ1n) is 12.2. The van der Waals surface area contributed by atoms with Crippen molar-refractivity contribution in [3.63, 3.8) is 0 Å². The first-order chi connectivity index (χ1) is 17.2. The van der Waals surface area contributed by atoms with Crippen LogP contribution in [-0.4, -0.2) is 31.2 Å². The molecule has 1 fully saturated rings. The lowest BCUT2D eigenvalue weighted by Crippen LogP contribution is -2.43. The van der Waals surface area contributed by atoms with Crippen LogP contribution in [0.5, 0.6) is 17.2 Å². The minimum atomic E-state index is -0.0929. The van der Waals surface area contributed by atoms with Gasteiger partial charge in [0.05, 0.1) is 14.2 Å². The molecule has 3 aromatic rings. The Balaban J connectivity index is 1.51. The predicted molar refractivity (Wildman–Crippen MR) is 138 cm³/mol. The number of rotatable bonds is 9. The van der Waals surface area contributed by atoms with Crippen molar-refractivity contribution >= 4 is 11.7 Å². The van der Waals surface area contributed by atoms with E-state index < -0.39 is 0 Å². The van der Waals surface area contributed by atoms with E-state index in [4.69, 9.17) is 14.2 Å². The van der Waals surface area contributed by atoms with Gasteiger partial charge in [-0.2, -0.15) is 0 Å². The largest absolute Gasteiger partial charge is 0.497 e. The summed E-state index contributed by atoms with van der Waals surface area (Å²) < 4.78 is 16.9. The predicted octanol–water partition coefficient (Wildman–Crippen LogP) is 6.65. The minimum absolute atomic E-state index is 0.0929. The molecule has 1 aliphatic carbocycles. The van der Waals surface area contributed by atoms with Crippen LogP contribution in [0, 0.1) is 0 Å². The summed E-state index contributed by atoms with van der Waals surface area (Å²) in [5.41, 5.74) is 2.84. The van der Waals surface area contributed by atoms with Crippen LogP contribution in [-0.2, 0) is 13.2 Å². The summed E-state index contributed by atoms with van der Waals surface area (Å²) in [5.74, 6) is 2.11. The molecule has 6 nitrogen and oxygen atoms in total. The van der Waals surface area contributed by atoms with E-state index in [1.807, 2.05) is 77.7 Å². The maximum atomic E-state index is 13.4. The molecule has 0 spiro atoms. The smallest absolute Gasteiger partial charge is 0.322 e. The average molecular weight is 475 g/mol. The zero-order valence-electron chi connectivity index (χ0n) is 20.5. The molecule has 1 N–H and O–H groups in total. The lowest BCUT2D eigenvalue weighted by Gasteiger charge is -2.34. The van der Waals surface area contributed by atoms with Gasteiger partial charge in [-0.3, -0.25) is 0 Å². The van der Waals surface area contributed by atoms with Crippen molar-refractivity contribution < 1.29 is 19.0 Å².